The third kappa shape index (κ3) is 3.56. The van der Waals surface area contributed by atoms with Crippen molar-refractivity contribution < 1.29 is 23.1 Å². The van der Waals surface area contributed by atoms with E-state index in [1.54, 1.807) is 0 Å². The SMILES string of the molecule is CC(C)Cc1c(CC(=O)O)sc2cc(C(F)(F)F)ccc12. The Morgan fingerprint density at radius 1 is 1.33 bits per heavy atom. The van der Waals surface area contributed by atoms with E-state index in [9.17, 15) is 18.0 Å². The van der Waals surface area contributed by atoms with E-state index in [0.29, 0.717) is 21.9 Å². The first-order chi connectivity index (χ1) is 9.68. The quantitative estimate of drug-likeness (QED) is 0.884. The van der Waals surface area contributed by atoms with Crippen molar-refractivity contribution in [2.24, 2.45) is 5.92 Å². The maximum Gasteiger partial charge on any atom is 0.416 e. The van der Waals surface area contributed by atoms with E-state index >= 15 is 0 Å². The number of carboxylic acid groups (broad SMARTS) is 1. The molecule has 0 aliphatic heterocycles. The summed E-state index contributed by atoms with van der Waals surface area (Å²) in [6.07, 6.45) is -3.87. The molecule has 6 heteroatoms. The smallest absolute Gasteiger partial charge is 0.416 e. The fraction of sp³-hybridized carbons (Fsp3) is 0.400. The van der Waals surface area contributed by atoms with Gasteiger partial charge in [-0.15, -0.1) is 11.3 Å². The van der Waals surface area contributed by atoms with Crippen molar-refractivity contribution in [3.05, 3.63) is 34.2 Å². The summed E-state index contributed by atoms with van der Waals surface area (Å²) in [6.45, 7) is 4.00. The van der Waals surface area contributed by atoms with Crippen molar-refractivity contribution in [1.29, 1.82) is 0 Å². The number of benzene rings is 1. The molecule has 1 aromatic carbocycles. The highest BCUT2D eigenvalue weighted by atomic mass is 32.1. The molecule has 0 saturated heterocycles. The molecule has 2 nitrogen and oxygen atoms in total. The van der Waals surface area contributed by atoms with Crippen molar-refractivity contribution in [3.63, 3.8) is 0 Å². The molecule has 0 unspecified atom stereocenters. The van der Waals surface area contributed by atoms with Gasteiger partial charge in [0.15, 0.2) is 0 Å². The Morgan fingerprint density at radius 3 is 2.52 bits per heavy atom. The lowest BCUT2D eigenvalue weighted by Crippen LogP contribution is -2.04. The molecule has 0 bridgehead atoms. The minimum Gasteiger partial charge on any atom is -0.481 e. The molecule has 0 radical (unpaired) electrons. The van der Waals surface area contributed by atoms with E-state index in [2.05, 4.69) is 0 Å². The Hall–Kier alpha value is -1.56. The number of aliphatic carboxylic acids is 1. The largest absolute Gasteiger partial charge is 0.481 e. The molecule has 1 N–H and O–H groups in total. The van der Waals surface area contributed by atoms with Gasteiger partial charge in [-0.3, -0.25) is 4.79 Å². The minimum absolute atomic E-state index is 0.150. The van der Waals surface area contributed by atoms with Crippen LogP contribution in [0.4, 0.5) is 13.2 Å². The normalized spacial score (nSPS) is 12.3. The molecule has 0 aliphatic rings. The first kappa shape index (κ1) is 15.8. The Labute approximate surface area is 124 Å². The first-order valence-corrected chi connectivity index (χ1v) is 7.33. The number of hydrogen-bond donors (Lipinski definition) is 1. The zero-order chi connectivity index (χ0) is 15.8. The van der Waals surface area contributed by atoms with Crippen LogP contribution in [0, 0.1) is 5.92 Å². The summed E-state index contributed by atoms with van der Waals surface area (Å²) in [6, 6.07) is 3.62. The fourth-order valence-electron chi connectivity index (χ4n) is 2.29. The average Bonchev–Trinajstić information content (AvgIpc) is 2.64. The van der Waals surface area contributed by atoms with Crippen LogP contribution in [0.2, 0.25) is 0 Å². The Balaban J connectivity index is 2.58. The maximum absolute atomic E-state index is 12.8. The van der Waals surface area contributed by atoms with Gasteiger partial charge in [0.05, 0.1) is 12.0 Å². The van der Waals surface area contributed by atoms with Gasteiger partial charge in [0, 0.05) is 9.58 Å². The van der Waals surface area contributed by atoms with Crippen LogP contribution in [0.5, 0.6) is 0 Å². The molecule has 1 aromatic heterocycles. The highest BCUT2D eigenvalue weighted by molar-refractivity contribution is 7.19. The lowest BCUT2D eigenvalue weighted by atomic mass is 9.98. The summed E-state index contributed by atoms with van der Waals surface area (Å²) in [5, 5.41) is 9.70. The second kappa shape index (κ2) is 5.67. The van der Waals surface area contributed by atoms with Crippen LogP contribution in [0.15, 0.2) is 18.2 Å². The minimum atomic E-state index is -4.39. The van der Waals surface area contributed by atoms with E-state index in [-0.39, 0.29) is 6.42 Å². The Morgan fingerprint density at radius 2 is 2.00 bits per heavy atom. The number of alkyl halides is 3. The molecule has 0 fully saturated rings. The van der Waals surface area contributed by atoms with E-state index in [1.165, 1.54) is 6.07 Å². The predicted octanol–water partition coefficient (Wildman–Crippen LogP) is 4.75. The maximum atomic E-state index is 12.8. The molecule has 21 heavy (non-hydrogen) atoms. The summed E-state index contributed by atoms with van der Waals surface area (Å²) >= 11 is 1.14. The van der Waals surface area contributed by atoms with E-state index in [0.717, 1.165) is 34.4 Å². The summed E-state index contributed by atoms with van der Waals surface area (Å²) in [5.74, 6) is -0.666. The van der Waals surface area contributed by atoms with Gasteiger partial charge in [-0.05, 0) is 35.4 Å². The standard InChI is InChI=1S/C15H15F3O2S/c1-8(2)5-11-10-4-3-9(15(16,17)18)6-12(10)21-13(11)7-14(19)20/h3-4,6,8H,5,7H2,1-2H3,(H,19,20). The molecular formula is C15H15F3O2S. The van der Waals surface area contributed by atoms with Gasteiger partial charge in [0.2, 0.25) is 0 Å². The Bertz CT molecular complexity index is 671. The van der Waals surface area contributed by atoms with Crippen LogP contribution in [0.1, 0.15) is 29.9 Å². The van der Waals surface area contributed by atoms with E-state index in [4.69, 9.17) is 5.11 Å². The number of halogens is 3. The molecule has 0 saturated carbocycles. The molecule has 2 aromatic rings. The molecule has 0 aliphatic carbocycles. The lowest BCUT2D eigenvalue weighted by molar-refractivity contribution is -0.138. The van der Waals surface area contributed by atoms with Gasteiger partial charge < -0.3 is 5.11 Å². The summed E-state index contributed by atoms with van der Waals surface area (Å²) in [7, 11) is 0. The summed E-state index contributed by atoms with van der Waals surface area (Å²) < 4.78 is 38.8. The Kier molecular flexibility index (Phi) is 4.27. The van der Waals surface area contributed by atoms with Crippen molar-refractivity contribution >= 4 is 27.4 Å². The van der Waals surface area contributed by atoms with Crippen LogP contribution >= 0.6 is 11.3 Å². The van der Waals surface area contributed by atoms with Crippen LogP contribution in [0.3, 0.4) is 0 Å². The van der Waals surface area contributed by atoms with Crippen LogP contribution in [0.25, 0.3) is 10.1 Å². The number of thiophene rings is 1. The lowest BCUT2D eigenvalue weighted by Gasteiger charge is -2.08. The zero-order valence-corrected chi connectivity index (χ0v) is 12.4. The highest BCUT2D eigenvalue weighted by Gasteiger charge is 2.31. The van der Waals surface area contributed by atoms with Crippen LogP contribution < -0.4 is 0 Å². The van der Waals surface area contributed by atoms with E-state index < -0.39 is 17.7 Å². The molecule has 0 atom stereocenters. The number of carboxylic acids is 1. The second-order valence-electron chi connectivity index (χ2n) is 5.38. The van der Waals surface area contributed by atoms with Crippen molar-refractivity contribution in [2.45, 2.75) is 32.9 Å². The molecule has 1 heterocycles. The number of fused-ring (bicyclic) bond motifs is 1. The van der Waals surface area contributed by atoms with Crippen molar-refractivity contribution in [1.82, 2.24) is 0 Å². The van der Waals surface area contributed by atoms with Gasteiger partial charge in [-0.2, -0.15) is 13.2 Å². The van der Waals surface area contributed by atoms with Gasteiger partial charge in [0.25, 0.3) is 0 Å². The number of rotatable bonds is 4. The third-order valence-electron chi connectivity index (χ3n) is 3.13. The first-order valence-electron chi connectivity index (χ1n) is 6.51. The van der Waals surface area contributed by atoms with Gasteiger partial charge in [-0.25, -0.2) is 0 Å². The molecule has 0 spiro atoms. The van der Waals surface area contributed by atoms with Gasteiger partial charge >= 0.3 is 12.1 Å². The van der Waals surface area contributed by atoms with Crippen LogP contribution in [-0.4, -0.2) is 11.1 Å². The average molecular weight is 316 g/mol. The van der Waals surface area contributed by atoms with Gasteiger partial charge in [0.1, 0.15) is 0 Å². The molecular weight excluding hydrogens is 301 g/mol. The van der Waals surface area contributed by atoms with Crippen LogP contribution in [-0.2, 0) is 23.8 Å². The summed E-state index contributed by atoms with van der Waals surface area (Å²) in [4.78, 5) is 11.6. The molecule has 0 amide bonds. The fourth-order valence-corrected chi connectivity index (χ4v) is 3.55. The molecule has 114 valence electrons. The second-order valence-corrected chi connectivity index (χ2v) is 6.52. The highest BCUT2D eigenvalue weighted by Crippen LogP contribution is 2.38. The monoisotopic (exact) mass is 316 g/mol. The predicted molar refractivity (Wildman–Crippen MR) is 76.7 cm³/mol. The molecule has 2 rings (SSSR count). The van der Waals surface area contributed by atoms with Gasteiger partial charge in [-0.1, -0.05) is 19.9 Å². The third-order valence-corrected chi connectivity index (χ3v) is 4.32. The number of hydrogen-bond acceptors (Lipinski definition) is 2. The summed E-state index contributed by atoms with van der Waals surface area (Å²) in [5.41, 5.74) is 0.162. The topological polar surface area (TPSA) is 37.3 Å². The van der Waals surface area contributed by atoms with Crippen molar-refractivity contribution in [3.8, 4) is 0 Å². The zero-order valence-electron chi connectivity index (χ0n) is 11.6. The van der Waals surface area contributed by atoms with Crippen molar-refractivity contribution in [2.75, 3.05) is 0 Å². The number of carbonyl (C=O) groups is 1. The van der Waals surface area contributed by atoms with E-state index in [1.807, 2.05) is 13.8 Å².